The van der Waals surface area contributed by atoms with Gasteiger partial charge in [-0.1, -0.05) is 0 Å². The number of aromatic nitrogens is 1. The van der Waals surface area contributed by atoms with Crippen LogP contribution < -0.4 is 5.32 Å². The zero-order valence-corrected chi connectivity index (χ0v) is 14.4. The summed E-state index contributed by atoms with van der Waals surface area (Å²) in [5.41, 5.74) is 1.58. The molecule has 3 rings (SSSR count). The number of piperazine rings is 1. The van der Waals surface area contributed by atoms with Crippen molar-refractivity contribution in [2.75, 3.05) is 26.2 Å². The van der Waals surface area contributed by atoms with Crippen molar-refractivity contribution in [1.29, 1.82) is 0 Å². The lowest BCUT2D eigenvalue weighted by molar-refractivity contribution is 0.114. The average molecular weight is 348 g/mol. The Labute approximate surface area is 145 Å². The zero-order valence-electron chi connectivity index (χ0n) is 13.6. The van der Waals surface area contributed by atoms with Crippen LogP contribution in [0, 0.1) is 5.82 Å². The zero-order chi connectivity index (χ0) is 16.9. The van der Waals surface area contributed by atoms with E-state index in [1.54, 1.807) is 16.2 Å². The van der Waals surface area contributed by atoms with Gasteiger partial charge in [0.2, 0.25) is 0 Å². The molecule has 0 bridgehead atoms. The lowest BCUT2D eigenvalue weighted by Gasteiger charge is -2.37. The van der Waals surface area contributed by atoms with Crippen LogP contribution in [0.4, 0.5) is 9.18 Å². The number of nitrogens with one attached hydrogen (secondary N) is 1. The van der Waals surface area contributed by atoms with Crippen LogP contribution in [0.1, 0.15) is 24.2 Å². The molecule has 2 aromatic rings. The summed E-state index contributed by atoms with van der Waals surface area (Å²) in [6.45, 7) is 5.32. The van der Waals surface area contributed by atoms with E-state index >= 15 is 0 Å². The molecule has 1 saturated heterocycles. The van der Waals surface area contributed by atoms with E-state index < -0.39 is 5.82 Å². The molecule has 1 fully saturated rings. The summed E-state index contributed by atoms with van der Waals surface area (Å²) >= 11 is 1.71. The smallest absolute Gasteiger partial charge is 0.317 e. The van der Waals surface area contributed by atoms with Crippen LogP contribution >= 0.6 is 11.3 Å². The maximum Gasteiger partial charge on any atom is 0.317 e. The number of carbonyl (C=O) groups excluding carboxylic acids is 1. The fraction of sp³-hybridized carbons (Fsp3) is 0.412. The number of thiophene rings is 1. The Kier molecular flexibility index (Phi) is 5.42. The molecule has 1 atom stereocenters. The van der Waals surface area contributed by atoms with Gasteiger partial charge in [0.1, 0.15) is 5.82 Å². The molecular weight excluding hydrogens is 327 g/mol. The van der Waals surface area contributed by atoms with Crippen LogP contribution in [0.5, 0.6) is 0 Å². The van der Waals surface area contributed by atoms with Crippen LogP contribution in [0.25, 0.3) is 0 Å². The maximum atomic E-state index is 13.5. The lowest BCUT2D eigenvalue weighted by Crippen LogP contribution is -2.52. The molecule has 0 unspecified atom stereocenters. The largest absolute Gasteiger partial charge is 0.332 e. The first-order valence-electron chi connectivity index (χ1n) is 8.03. The van der Waals surface area contributed by atoms with Crippen molar-refractivity contribution < 1.29 is 9.18 Å². The summed E-state index contributed by atoms with van der Waals surface area (Å²) in [4.78, 5) is 20.3. The van der Waals surface area contributed by atoms with Gasteiger partial charge in [0.15, 0.2) is 0 Å². The summed E-state index contributed by atoms with van der Waals surface area (Å²) < 4.78 is 13.5. The third-order valence-electron chi connectivity index (χ3n) is 4.42. The summed E-state index contributed by atoms with van der Waals surface area (Å²) in [5, 5.41) is 7.01. The van der Waals surface area contributed by atoms with Gasteiger partial charge in [-0.15, -0.1) is 0 Å². The summed E-state index contributed by atoms with van der Waals surface area (Å²) in [6.07, 6.45) is 1.52. The van der Waals surface area contributed by atoms with E-state index in [1.807, 2.05) is 0 Å². The molecule has 2 amide bonds. The molecule has 0 spiro atoms. The number of hydrogen-bond acceptors (Lipinski definition) is 4. The molecule has 7 heteroatoms. The quantitative estimate of drug-likeness (QED) is 0.924. The van der Waals surface area contributed by atoms with Crippen molar-refractivity contribution in [2.24, 2.45) is 0 Å². The molecule has 0 radical (unpaired) electrons. The average Bonchev–Trinajstić information content (AvgIpc) is 3.15. The van der Waals surface area contributed by atoms with Gasteiger partial charge in [-0.25, -0.2) is 9.18 Å². The second kappa shape index (κ2) is 7.72. The van der Waals surface area contributed by atoms with E-state index in [2.05, 4.69) is 39.0 Å². The monoisotopic (exact) mass is 348 g/mol. The van der Waals surface area contributed by atoms with Crippen molar-refractivity contribution >= 4 is 17.4 Å². The first kappa shape index (κ1) is 16.9. The fourth-order valence-corrected chi connectivity index (χ4v) is 3.60. The van der Waals surface area contributed by atoms with Crippen LogP contribution in [0.3, 0.4) is 0 Å². The topological polar surface area (TPSA) is 48.5 Å². The third kappa shape index (κ3) is 3.91. The molecule has 0 aromatic carbocycles. The first-order valence-corrected chi connectivity index (χ1v) is 8.97. The Bertz CT molecular complexity index is 671. The number of carbonyl (C=O) groups is 1. The molecule has 0 saturated carbocycles. The van der Waals surface area contributed by atoms with Gasteiger partial charge < -0.3 is 10.2 Å². The minimum Gasteiger partial charge on any atom is -0.332 e. The second-order valence-corrected chi connectivity index (χ2v) is 6.63. The van der Waals surface area contributed by atoms with Crippen LogP contribution in [0.2, 0.25) is 0 Å². The highest BCUT2D eigenvalue weighted by atomic mass is 32.1. The molecule has 128 valence electrons. The fourth-order valence-electron chi connectivity index (χ4n) is 2.86. The van der Waals surface area contributed by atoms with Gasteiger partial charge in [0.25, 0.3) is 0 Å². The molecule has 3 heterocycles. The molecule has 1 aliphatic heterocycles. The highest BCUT2D eigenvalue weighted by Gasteiger charge is 2.24. The Balaban J connectivity index is 1.47. The Morgan fingerprint density at radius 1 is 1.38 bits per heavy atom. The van der Waals surface area contributed by atoms with Gasteiger partial charge >= 0.3 is 6.03 Å². The highest BCUT2D eigenvalue weighted by molar-refractivity contribution is 7.07. The summed E-state index contributed by atoms with van der Waals surface area (Å²) in [6, 6.07) is 5.23. The number of pyridine rings is 1. The summed E-state index contributed by atoms with van der Waals surface area (Å²) in [5.74, 6) is -0.396. The Hall–Kier alpha value is -1.99. The van der Waals surface area contributed by atoms with Crippen molar-refractivity contribution in [1.82, 2.24) is 20.1 Å². The molecule has 1 N–H and O–H groups in total. The van der Waals surface area contributed by atoms with Crippen molar-refractivity contribution in [3.05, 3.63) is 52.2 Å². The predicted octanol–water partition coefficient (Wildman–Crippen LogP) is 2.87. The Morgan fingerprint density at radius 2 is 2.17 bits per heavy atom. The standard InChI is InChI=1S/C17H21FN4OS/c1-13(14-4-10-24-12-14)21-6-8-22(9-7-21)17(23)20-11-16-15(18)3-2-5-19-16/h2-5,10,12-13H,6-9,11H2,1H3,(H,20,23)/t13-/m1/s1. The normalized spacial score (nSPS) is 16.8. The first-order chi connectivity index (χ1) is 11.6. The van der Waals surface area contributed by atoms with Crippen LogP contribution in [-0.4, -0.2) is 47.0 Å². The van der Waals surface area contributed by atoms with Gasteiger partial charge in [-0.05, 0) is 41.4 Å². The van der Waals surface area contributed by atoms with Crippen molar-refractivity contribution in [3.8, 4) is 0 Å². The molecule has 1 aliphatic rings. The van der Waals surface area contributed by atoms with E-state index in [9.17, 15) is 9.18 Å². The van der Waals surface area contributed by atoms with Gasteiger partial charge in [-0.3, -0.25) is 9.88 Å². The van der Waals surface area contributed by atoms with Crippen LogP contribution in [-0.2, 0) is 6.54 Å². The third-order valence-corrected chi connectivity index (χ3v) is 5.12. The lowest BCUT2D eigenvalue weighted by atomic mass is 10.1. The molecule has 0 aliphatic carbocycles. The number of urea groups is 1. The minimum atomic E-state index is -0.396. The van der Waals surface area contributed by atoms with E-state index in [1.165, 1.54) is 23.9 Å². The van der Waals surface area contributed by atoms with E-state index in [0.717, 1.165) is 13.1 Å². The molecule has 5 nitrogen and oxygen atoms in total. The number of rotatable bonds is 4. The van der Waals surface area contributed by atoms with Crippen LogP contribution in [0.15, 0.2) is 35.2 Å². The highest BCUT2D eigenvalue weighted by Crippen LogP contribution is 2.23. The summed E-state index contributed by atoms with van der Waals surface area (Å²) in [7, 11) is 0. The van der Waals surface area contributed by atoms with E-state index in [4.69, 9.17) is 0 Å². The molecular formula is C17H21FN4OS. The maximum absolute atomic E-state index is 13.5. The van der Waals surface area contributed by atoms with E-state index in [0.29, 0.717) is 19.1 Å². The van der Waals surface area contributed by atoms with Gasteiger partial charge in [0.05, 0.1) is 12.2 Å². The Morgan fingerprint density at radius 3 is 2.83 bits per heavy atom. The number of nitrogens with zero attached hydrogens (tertiary/aromatic N) is 3. The number of amides is 2. The molecule has 24 heavy (non-hydrogen) atoms. The SMILES string of the molecule is C[C@H](c1ccsc1)N1CCN(C(=O)NCc2ncccc2F)CC1. The number of halogens is 1. The van der Waals surface area contributed by atoms with Gasteiger partial charge in [0, 0.05) is 38.4 Å². The van der Waals surface area contributed by atoms with Crippen molar-refractivity contribution in [2.45, 2.75) is 19.5 Å². The van der Waals surface area contributed by atoms with Gasteiger partial charge in [-0.2, -0.15) is 11.3 Å². The molecule has 2 aromatic heterocycles. The predicted molar refractivity (Wildman–Crippen MR) is 92.3 cm³/mol. The van der Waals surface area contributed by atoms with E-state index in [-0.39, 0.29) is 18.3 Å². The van der Waals surface area contributed by atoms with Crippen molar-refractivity contribution in [3.63, 3.8) is 0 Å². The second-order valence-electron chi connectivity index (χ2n) is 5.85. The number of hydrogen-bond donors (Lipinski definition) is 1. The minimum absolute atomic E-state index is 0.108.